The fourth-order valence-electron chi connectivity index (χ4n) is 6.20. The van der Waals surface area contributed by atoms with E-state index in [1.54, 1.807) is 6.20 Å². The summed E-state index contributed by atoms with van der Waals surface area (Å²) in [6, 6.07) is 1.91. The molecule has 4 rings (SSSR count). The Hall–Kier alpha value is -1.70. The number of carbonyl (C=O) groups is 1. The fraction of sp³-hybridized carbons (Fsp3) is 0.720. The minimum Gasteiger partial charge on any atom is -0.458 e. The highest BCUT2D eigenvalue weighted by atomic mass is 35.5. The summed E-state index contributed by atoms with van der Waals surface area (Å²) in [4.78, 5) is 24.7. The van der Waals surface area contributed by atoms with Gasteiger partial charge < -0.3 is 14.7 Å². The number of hydrogen-bond acceptors (Lipinski definition) is 7. The van der Waals surface area contributed by atoms with Crippen molar-refractivity contribution >= 4 is 23.4 Å². The van der Waals surface area contributed by atoms with Crippen LogP contribution in [0.3, 0.4) is 0 Å². The molecule has 0 aromatic carbocycles. The molecule has 0 amide bonds. The molecule has 2 fully saturated rings. The van der Waals surface area contributed by atoms with Crippen LogP contribution in [-0.4, -0.2) is 70.4 Å². The summed E-state index contributed by atoms with van der Waals surface area (Å²) in [5.74, 6) is 1.77. The molecule has 0 radical (unpaired) electrons. The number of esters is 1. The summed E-state index contributed by atoms with van der Waals surface area (Å²) >= 11 is 5.96. The molecule has 8 heteroatoms. The van der Waals surface area contributed by atoms with Gasteiger partial charge in [0, 0.05) is 58.2 Å². The van der Waals surface area contributed by atoms with E-state index in [9.17, 15) is 9.90 Å². The Morgan fingerprint density at radius 3 is 2.73 bits per heavy atom. The predicted octanol–water partition coefficient (Wildman–Crippen LogP) is 3.56. The number of anilines is 1. The molecule has 2 heterocycles. The summed E-state index contributed by atoms with van der Waals surface area (Å²) in [6.45, 7) is 12.8. The zero-order valence-electron chi connectivity index (χ0n) is 20.2. The minimum absolute atomic E-state index is 0.104. The molecule has 1 aromatic heterocycles. The summed E-state index contributed by atoms with van der Waals surface area (Å²) < 4.78 is 5.54. The monoisotopic (exact) mass is 476 g/mol. The zero-order valence-corrected chi connectivity index (χ0v) is 21.0. The van der Waals surface area contributed by atoms with Crippen molar-refractivity contribution in [1.29, 1.82) is 0 Å². The number of rotatable bonds is 5. The normalized spacial score (nSPS) is 33.8. The highest BCUT2D eigenvalue weighted by Crippen LogP contribution is 2.51. The first kappa shape index (κ1) is 24.4. The first-order valence-electron chi connectivity index (χ1n) is 12.2. The number of aromatic nitrogens is 2. The van der Waals surface area contributed by atoms with Crippen LogP contribution in [0.15, 0.2) is 23.9 Å². The number of fused-ring (bicyclic) bond motifs is 1. The van der Waals surface area contributed by atoms with Crippen LogP contribution in [0.4, 0.5) is 5.82 Å². The first-order valence-corrected chi connectivity index (χ1v) is 12.6. The second-order valence-electron chi connectivity index (χ2n) is 10.3. The fourth-order valence-corrected chi connectivity index (χ4v) is 6.35. The van der Waals surface area contributed by atoms with Gasteiger partial charge in [-0.15, -0.1) is 0 Å². The third kappa shape index (κ3) is 5.20. The lowest BCUT2D eigenvalue weighted by atomic mass is 9.57. The van der Waals surface area contributed by atoms with E-state index < -0.39 is 5.60 Å². The Bertz CT molecular complexity index is 888. The van der Waals surface area contributed by atoms with Crippen LogP contribution in [-0.2, 0) is 9.53 Å². The van der Waals surface area contributed by atoms with Gasteiger partial charge >= 0.3 is 5.97 Å². The standard InChI is InChI=1S/C25H37ClN4O3/c1-16-13-21-20(6-5-18(3)25(21,32)14-22(16)33-19(4)31)17(2)15-29-9-11-30(12-10-29)23-7-8-27-24(26)28-23/h7-8,13,17-18,20-22,32H,5-6,9-12,14-15H2,1-4H3/t17?,18-,20+,21-,22-,25-/m1/s1. The molecule has 1 saturated heterocycles. The molecular weight excluding hydrogens is 440 g/mol. The lowest BCUT2D eigenvalue weighted by Crippen LogP contribution is -2.56. The molecule has 1 aliphatic heterocycles. The van der Waals surface area contributed by atoms with Crippen molar-refractivity contribution < 1.29 is 14.6 Å². The number of aliphatic hydroxyl groups is 1. The number of halogens is 1. The van der Waals surface area contributed by atoms with Crippen molar-refractivity contribution in [3.63, 3.8) is 0 Å². The Morgan fingerprint density at radius 1 is 1.33 bits per heavy atom. The van der Waals surface area contributed by atoms with E-state index in [4.69, 9.17) is 16.3 Å². The number of piperazine rings is 1. The summed E-state index contributed by atoms with van der Waals surface area (Å²) in [7, 11) is 0. The van der Waals surface area contributed by atoms with E-state index in [0.29, 0.717) is 18.3 Å². The van der Waals surface area contributed by atoms with Gasteiger partial charge in [-0.25, -0.2) is 9.97 Å². The van der Waals surface area contributed by atoms with Crippen molar-refractivity contribution in [3.05, 3.63) is 29.2 Å². The van der Waals surface area contributed by atoms with Gasteiger partial charge in [-0.3, -0.25) is 9.69 Å². The second-order valence-corrected chi connectivity index (χ2v) is 10.7. The quantitative estimate of drug-likeness (QED) is 0.395. The molecule has 1 aromatic rings. The van der Waals surface area contributed by atoms with Gasteiger partial charge in [-0.2, -0.15) is 0 Å². The summed E-state index contributed by atoms with van der Waals surface area (Å²) in [5.41, 5.74) is 0.255. The van der Waals surface area contributed by atoms with Gasteiger partial charge in [-0.05, 0) is 60.8 Å². The van der Waals surface area contributed by atoms with E-state index in [0.717, 1.165) is 57.0 Å². The van der Waals surface area contributed by atoms with E-state index in [1.807, 2.05) is 13.0 Å². The Morgan fingerprint density at radius 2 is 2.06 bits per heavy atom. The number of hydrogen-bond donors (Lipinski definition) is 1. The van der Waals surface area contributed by atoms with Crippen molar-refractivity contribution in [1.82, 2.24) is 14.9 Å². The van der Waals surface area contributed by atoms with Crippen molar-refractivity contribution in [2.24, 2.45) is 23.7 Å². The largest absolute Gasteiger partial charge is 0.458 e. The molecular formula is C25H37ClN4O3. The van der Waals surface area contributed by atoms with Gasteiger partial charge in [0.05, 0.1) is 5.60 Å². The van der Waals surface area contributed by atoms with Crippen molar-refractivity contribution in [3.8, 4) is 0 Å². The first-order chi connectivity index (χ1) is 15.7. The van der Waals surface area contributed by atoms with Crippen LogP contribution in [0.25, 0.3) is 0 Å². The van der Waals surface area contributed by atoms with Gasteiger partial charge in [0.1, 0.15) is 11.9 Å². The maximum Gasteiger partial charge on any atom is 0.303 e. The maximum atomic E-state index is 11.8. The SMILES string of the molecule is CC(=O)O[C@@H]1C[C@@]2(O)[C@H](C)CC[C@@H](C(C)CN3CCN(c4ccnc(Cl)n4)CC3)[C@H]2C=C1C. The summed E-state index contributed by atoms with van der Waals surface area (Å²) in [5, 5.41) is 12.1. The predicted molar refractivity (Wildman–Crippen MR) is 129 cm³/mol. The molecule has 33 heavy (non-hydrogen) atoms. The molecule has 182 valence electrons. The van der Waals surface area contributed by atoms with Crippen LogP contribution < -0.4 is 4.90 Å². The van der Waals surface area contributed by atoms with Gasteiger partial charge in [0.2, 0.25) is 5.28 Å². The topological polar surface area (TPSA) is 78.8 Å². The number of carbonyl (C=O) groups excluding carboxylic acids is 1. The lowest BCUT2D eigenvalue weighted by Gasteiger charge is -2.53. The smallest absolute Gasteiger partial charge is 0.303 e. The van der Waals surface area contributed by atoms with Crippen molar-refractivity contribution in [2.75, 3.05) is 37.6 Å². The maximum absolute atomic E-state index is 11.8. The Balaban J connectivity index is 1.40. The third-order valence-corrected chi connectivity index (χ3v) is 8.36. The lowest BCUT2D eigenvalue weighted by molar-refractivity contribution is -0.159. The number of ether oxygens (including phenoxy) is 1. The highest BCUT2D eigenvalue weighted by molar-refractivity contribution is 6.28. The van der Waals surface area contributed by atoms with Crippen LogP contribution in [0, 0.1) is 23.7 Å². The molecule has 0 bridgehead atoms. The van der Waals surface area contributed by atoms with Crippen LogP contribution >= 0.6 is 11.6 Å². The summed E-state index contributed by atoms with van der Waals surface area (Å²) in [6.07, 6.45) is 6.23. The van der Waals surface area contributed by atoms with Crippen LogP contribution in [0.2, 0.25) is 5.28 Å². The molecule has 3 aliphatic rings. The van der Waals surface area contributed by atoms with E-state index in [2.05, 4.69) is 39.7 Å². The van der Waals surface area contributed by atoms with Crippen LogP contribution in [0.1, 0.15) is 47.0 Å². The van der Waals surface area contributed by atoms with Gasteiger partial charge in [0.15, 0.2) is 0 Å². The highest BCUT2D eigenvalue weighted by Gasteiger charge is 2.52. The average Bonchev–Trinajstić information content (AvgIpc) is 2.76. The van der Waals surface area contributed by atoms with Crippen molar-refractivity contribution in [2.45, 2.75) is 58.7 Å². The van der Waals surface area contributed by atoms with Gasteiger partial charge in [-0.1, -0.05) is 19.9 Å². The minimum atomic E-state index is -0.818. The molecule has 1 N–H and O–H groups in total. The Kier molecular flexibility index (Phi) is 7.32. The number of nitrogens with zero attached hydrogens (tertiary/aromatic N) is 4. The Labute approximate surface area is 202 Å². The van der Waals surface area contributed by atoms with E-state index >= 15 is 0 Å². The molecule has 1 saturated carbocycles. The van der Waals surface area contributed by atoms with Gasteiger partial charge in [0.25, 0.3) is 0 Å². The van der Waals surface area contributed by atoms with E-state index in [1.165, 1.54) is 6.92 Å². The average molecular weight is 477 g/mol. The molecule has 6 atom stereocenters. The second kappa shape index (κ2) is 9.88. The van der Waals surface area contributed by atoms with E-state index in [-0.39, 0.29) is 29.2 Å². The van der Waals surface area contributed by atoms with Crippen LogP contribution in [0.5, 0.6) is 0 Å². The zero-order chi connectivity index (χ0) is 23.8. The molecule has 1 unspecified atom stereocenters. The third-order valence-electron chi connectivity index (χ3n) is 8.18. The molecule has 0 spiro atoms. The molecule has 7 nitrogen and oxygen atoms in total. The molecule has 2 aliphatic carbocycles.